The summed E-state index contributed by atoms with van der Waals surface area (Å²) in [5.41, 5.74) is 1.00. The molecule has 0 radical (unpaired) electrons. The van der Waals surface area contributed by atoms with Crippen molar-refractivity contribution in [1.29, 1.82) is 0 Å². The van der Waals surface area contributed by atoms with E-state index in [1.54, 1.807) is 4.90 Å². The number of fused-ring (bicyclic) bond motifs is 1. The van der Waals surface area contributed by atoms with Gasteiger partial charge in [-0.05, 0) is 25.8 Å². The second-order valence-corrected chi connectivity index (χ2v) is 5.66. The molecule has 0 N–H and O–H groups in total. The predicted octanol–water partition coefficient (Wildman–Crippen LogP) is 2.57. The van der Waals surface area contributed by atoms with Crippen LogP contribution >= 0.6 is 0 Å². The number of likely N-dealkylation sites (tertiary alicyclic amines) is 1. The topological polar surface area (TPSA) is 42.1 Å². The third kappa shape index (κ3) is 2.45. The number of nitrogens with zero attached hydrogens (tertiary/aromatic N) is 1. The van der Waals surface area contributed by atoms with Crippen molar-refractivity contribution in [1.82, 2.24) is 4.90 Å². The Morgan fingerprint density at radius 3 is 2.95 bits per heavy atom. The molecule has 1 amide bonds. The molecular formula is C15H19NO3. The van der Waals surface area contributed by atoms with E-state index in [4.69, 9.17) is 9.47 Å². The van der Waals surface area contributed by atoms with Gasteiger partial charge in [-0.2, -0.15) is 0 Å². The number of amides is 1. The lowest BCUT2D eigenvalue weighted by atomic mass is 9.93. The Morgan fingerprint density at radius 2 is 2.21 bits per heavy atom. The fraction of sp³-hybridized carbons (Fsp3) is 0.533. The fourth-order valence-electron chi connectivity index (χ4n) is 2.81. The number of carbonyl (C=O) groups is 1. The number of piperidine rings is 1. The molecule has 2 heterocycles. The summed E-state index contributed by atoms with van der Waals surface area (Å²) in [4.78, 5) is 13.9. The minimum absolute atomic E-state index is 0.00434. The highest BCUT2D eigenvalue weighted by Crippen LogP contribution is 2.45. The van der Waals surface area contributed by atoms with Crippen molar-refractivity contribution in [3.8, 4) is 0 Å². The van der Waals surface area contributed by atoms with Gasteiger partial charge in [0.15, 0.2) is 0 Å². The Morgan fingerprint density at radius 1 is 1.47 bits per heavy atom. The number of benzene rings is 1. The lowest BCUT2D eigenvalue weighted by Crippen LogP contribution is -2.47. The summed E-state index contributed by atoms with van der Waals surface area (Å²) in [6.45, 7) is 5.13. The van der Waals surface area contributed by atoms with Crippen LogP contribution in [-0.2, 0) is 16.1 Å². The van der Waals surface area contributed by atoms with E-state index in [-0.39, 0.29) is 23.8 Å². The maximum absolute atomic E-state index is 12.1. The Labute approximate surface area is 113 Å². The number of carbonyl (C=O) groups excluding carboxylic acids is 1. The molecule has 1 aromatic carbocycles. The van der Waals surface area contributed by atoms with Crippen LogP contribution in [0.5, 0.6) is 0 Å². The van der Waals surface area contributed by atoms with Gasteiger partial charge in [0, 0.05) is 6.04 Å². The first-order valence-corrected chi connectivity index (χ1v) is 6.74. The summed E-state index contributed by atoms with van der Waals surface area (Å²) in [7, 11) is 0. The Kier molecular flexibility index (Phi) is 2.97. The zero-order valence-electron chi connectivity index (χ0n) is 11.3. The normalized spacial score (nSPS) is 32.6. The van der Waals surface area contributed by atoms with E-state index in [0.29, 0.717) is 13.2 Å². The molecule has 4 heteroatoms. The van der Waals surface area contributed by atoms with Gasteiger partial charge in [0.1, 0.15) is 12.7 Å². The van der Waals surface area contributed by atoms with Gasteiger partial charge in [0.2, 0.25) is 0 Å². The summed E-state index contributed by atoms with van der Waals surface area (Å²) in [6, 6.07) is 9.91. The maximum Gasteiger partial charge on any atom is 0.410 e. The smallest absolute Gasteiger partial charge is 0.410 e. The van der Waals surface area contributed by atoms with Crippen LogP contribution in [0, 0.1) is 0 Å². The molecular weight excluding hydrogens is 242 g/mol. The molecule has 0 saturated carbocycles. The van der Waals surface area contributed by atoms with Crippen LogP contribution in [0.3, 0.4) is 0 Å². The van der Waals surface area contributed by atoms with Gasteiger partial charge < -0.3 is 14.4 Å². The highest BCUT2D eigenvalue weighted by atomic mass is 16.6. The molecule has 0 bridgehead atoms. The third-order valence-corrected chi connectivity index (χ3v) is 4.07. The van der Waals surface area contributed by atoms with Gasteiger partial charge in [-0.25, -0.2) is 4.79 Å². The van der Waals surface area contributed by atoms with Crippen molar-refractivity contribution >= 4 is 6.09 Å². The Bertz CT molecular complexity index is 476. The molecule has 0 unspecified atom stereocenters. The van der Waals surface area contributed by atoms with Gasteiger partial charge in [-0.15, -0.1) is 0 Å². The number of epoxide rings is 1. The minimum Gasteiger partial charge on any atom is -0.445 e. The SMILES string of the molecule is C[C@@H]1C[C@@]2(C)O[C@H]2CN1C(=O)OCc1ccccc1. The predicted molar refractivity (Wildman–Crippen MR) is 70.7 cm³/mol. The van der Waals surface area contributed by atoms with Crippen molar-refractivity contribution in [3.63, 3.8) is 0 Å². The molecule has 19 heavy (non-hydrogen) atoms. The van der Waals surface area contributed by atoms with Crippen molar-refractivity contribution in [2.75, 3.05) is 6.54 Å². The lowest BCUT2D eigenvalue weighted by molar-refractivity contribution is 0.0731. The Hall–Kier alpha value is -1.55. The largest absolute Gasteiger partial charge is 0.445 e. The molecule has 0 spiro atoms. The van der Waals surface area contributed by atoms with E-state index in [0.717, 1.165) is 12.0 Å². The van der Waals surface area contributed by atoms with Crippen LogP contribution in [0.1, 0.15) is 25.8 Å². The molecule has 2 fully saturated rings. The molecule has 1 aromatic rings. The minimum atomic E-state index is -0.242. The average Bonchev–Trinajstić information content (AvgIpc) is 3.06. The number of hydrogen-bond donors (Lipinski definition) is 0. The van der Waals surface area contributed by atoms with E-state index >= 15 is 0 Å². The van der Waals surface area contributed by atoms with Crippen LogP contribution in [0.25, 0.3) is 0 Å². The van der Waals surface area contributed by atoms with Crippen molar-refractivity contribution in [3.05, 3.63) is 35.9 Å². The van der Waals surface area contributed by atoms with E-state index in [2.05, 4.69) is 6.92 Å². The molecule has 3 rings (SSSR count). The summed E-state index contributed by atoms with van der Waals surface area (Å²) >= 11 is 0. The standard InChI is InChI=1S/C15H19NO3/c1-11-8-15(2)13(19-15)9-16(11)14(17)18-10-12-6-4-3-5-7-12/h3-7,11,13H,8-10H2,1-2H3/t11-,13+,15-/m1/s1. The highest BCUT2D eigenvalue weighted by Gasteiger charge is 2.58. The average molecular weight is 261 g/mol. The van der Waals surface area contributed by atoms with Crippen LogP contribution in [0.2, 0.25) is 0 Å². The lowest BCUT2D eigenvalue weighted by Gasteiger charge is -2.32. The van der Waals surface area contributed by atoms with Crippen LogP contribution in [0.4, 0.5) is 4.79 Å². The quantitative estimate of drug-likeness (QED) is 0.768. The second kappa shape index (κ2) is 4.53. The van der Waals surface area contributed by atoms with Crippen LogP contribution < -0.4 is 0 Å². The number of hydrogen-bond acceptors (Lipinski definition) is 3. The maximum atomic E-state index is 12.1. The number of ether oxygens (including phenoxy) is 2. The molecule has 102 valence electrons. The van der Waals surface area contributed by atoms with E-state index < -0.39 is 0 Å². The molecule has 4 nitrogen and oxygen atoms in total. The summed E-state index contributed by atoms with van der Waals surface area (Å²) in [5.74, 6) is 0. The summed E-state index contributed by atoms with van der Waals surface area (Å²) < 4.78 is 11.0. The van der Waals surface area contributed by atoms with Gasteiger partial charge in [0.05, 0.1) is 12.1 Å². The third-order valence-electron chi connectivity index (χ3n) is 4.07. The van der Waals surface area contributed by atoms with Crippen LogP contribution in [0.15, 0.2) is 30.3 Å². The fourth-order valence-corrected chi connectivity index (χ4v) is 2.81. The highest BCUT2D eigenvalue weighted by molar-refractivity contribution is 5.68. The molecule has 2 saturated heterocycles. The first-order valence-electron chi connectivity index (χ1n) is 6.74. The molecule has 2 aliphatic rings. The van der Waals surface area contributed by atoms with Crippen molar-refractivity contribution in [2.45, 2.75) is 44.6 Å². The zero-order valence-corrected chi connectivity index (χ0v) is 11.3. The van der Waals surface area contributed by atoms with E-state index in [9.17, 15) is 4.79 Å². The van der Waals surface area contributed by atoms with E-state index in [1.165, 1.54) is 0 Å². The first-order chi connectivity index (χ1) is 9.08. The molecule has 3 atom stereocenters. The molecule has 0 aromatic heterocycles. The van der Waals surface area contributed by atoms with Crippen molar-refractivity contribution in [2.24, 2.45) is 0 Å². The first kappa shape index (κ1) is 12.5. The summed E-state index contributed by atoms with van der Waals surface area (Å²) in [6.07, 6.45) is 0.833. The van der Waals surface area contributed by atoms with Gasteiger partial charge in [-0.1, -0.05) is 30.3 Å². The Balaban J connectivity index is 1.56. The zero-order chi connectivity index (χ0) is 13.5. The van der Waals surface area contributed by atoms with E-state index in [1.807, 2.05) is 37.3 Å². The summed E-state index contributed by atoms with van der Waals surface area (Å²) in [5, 5.41) is 0. The van der Waals surface area contributed by atoms with Gasteiger partial charge in [-0.3, -0.25) is 0 Å². The number of rotatable bonds is 2. The van der Waals surface area contributed by atoms with Gasteiger partial charge in [0.25, 0.3) is 0 Å². The van der Waals surface area contributed by atoms with Crippen molar-refractivity contribution < 1.29 is 14.3 Å². The molecule has 2 aliphatic heterocycles. The van der Waals surface area contributed by atoms with Crippen LogP contribution in [-0.4, -0.2) is 35.3 Å². The monoisotopic (exact) mass is 261 g/mol. The van der Waals surface area contributed by atoms with Gasteiger partial charge >= 0.3 is 6.09 Å². The second-order valence-electron chi connectivity index (χ2n) is 5.66. The molecule has 0 aliphatic carbocycles.